The summed E-state index contributed by atoms with van der Waals surface area (Å²) in [5.74, 6) is -0.695. The summed E-state index contributed by atoms with van der Waals surface area (Å²) in [5, 5.41) is 14.4. The summed E-state index contributed by atoms with van der Waals surface area (Å²) in [6.07, 6.45) is 7.86. The zero-order chi connectivity index (χ0) is 23.2. The smallest absolute Gasteiger partial charge is 0.303 e. The molecule has 0 aromatic heterocycles. The van der Waals surface area contributed by atoms with E-state index < -0.39 is 5.97 Å². The highest BCUT2D eigenvalue weighted by atomic mass is 16.7. The van der Waals surface area contributed by atoms with Crippen molar-refractivity contribution < 1.29 is 29.0 Å². The molecular weight excluding hydrogens is 424 g/mol. The van der Waals surface area contributed by atoms with Gasteiger partial charge in [0.2, 0.25) is 11.8 Å². The standard InChI is InChI=1S/C25H32N2O6/c28-19(13-12-16-8-4-3-5-9-16)27-15-20(29)26-14-18-17(10-6-1-2-7-11-21(30)31)22-24-25(33-24)23(18)32-22/h1,3-6,8-9,17-18,22-25H,2,7,10-15H2,(H,26,29)(H,27,28)(H,30,31)/b6-1-/t17-,18+,22+,23-,24-,25+/m0/s1. The summed E-state index contributed by atoms with van der Waals surface area (Å²) >= 11 is 0. The van der Waals surface area contributed by atoms with Crippen LogP contribution in [0.15, 0.2) is 42.5 Å². The zero-order valence-electron chi connectivity index (χ0n) is 18.7. The van der Waals surface area contributed by atoms with Crippen LogP contribution in [0.1, 0.15) is 37.7 Å². The molecular formula is C25H32N2O6. The molecule has 178 valence electrons. The highest BCUT2D eigenvalue weighted by molar-refractivity contribution is 5.84. The predicted molar refractivity (Wildman–Crippen MR) is 120 cm³/mol. The molecule has 0 radical (unpaired) electrons. The van der Waals surface area contributed by atoms with Crippen LogP contribution < -0.4 is 10.6 Å². The largest absolute Gasteiger partial charge is 0.481 e. The number of aryl methyl sites for hydroxylation is 1. The Kier molecular flexibility index (Phi) is 7.77. The normalized spacial score (nSPS) is 29.1. The molecule has 0 saturated carbocycles. The number of nitrogens with one attached hydrogen (secondary N) is 2. The van der Waals surface area contributed by atoms with Gasteiger partial charge in [-0.1, -0.05) is 42.5 Å². The number of hydrogen-bond donors (Lipinski definition) is 3. The lowest BCUT2D eigenvalue weighted by Gasteiger charge is -2.25. The summed E-state index contributed by atoms with van der Waals surface area (Å²) in [4.78, 5) is 35.0. The molecule has 3 fully saturated rings. The summed E-state index contributed by atoms with van der Waals surface area (Å²) in [5.41, 5.74) is 1.09. The lowest BCUT2D eigenvalue weighted by Crippen LogP contribution is -2.44. The van der Waals surface area contributed by atoms with Crippen molar-refractivity contribution in [1.82, 2.24) is 10.6 Å². The number of rotatable bonds is 13. The first-order chi connectivity index (χ1) is 16.0. The van der Waals surface area contributed by atoms with Gasteiger partial charge >= 0.3 is 5.97 Å². The van der Waals surface area contributed by atoms with Gasteiger partial charge < -0.3 is 25.2 Å². The molecule has 2 bridgehead atoms. The quantitative estimate of drug-likeness (QED) is 0.237. The third-order valence-electron chi connectivity index (χ3n) is 6.72. The highest BCUT2D eigenvalue weighted by Crippen LogP contribution is 2.54. The number of amides is 2. The molecule has 8 heteroatoms. The lowest BCUT2D eigenvalue weighted by atomic mass is 9.77. The molecule has 0 aliphatic carbocycles. The fourth-order valence-electron chi connectivity index (χ4n) is 4.96. The molecule has 3 heterocycles. The van der Waals surface area contributed by atoms with Crippen molar-refractivity contribution in [2.24, 2.45) is 11.8 Å². The molecule has 8 nitrogen and oxygen atoms in total. The molecule has 3 saturated heterocycles. The van der Waals surface area contributed by atoms with Crippen LogP contribution in [0, 0.1) is 11.8 Å². The lowest BCUT2D eigenvalue weighted by molar-refractivity contribution is -0.137. The van der Waals surface area contributed by atoms with Crippen LogP contribution in [0.2, 0.25) is 0 Å². The molecule has 1 aromatic rings. The average molecular weight is 457 g/mol. The number of carboxylic acid groups (broad SMARTS) is 1. The van der Waals surface area contributed by atoms with Crippen molar-refractivity contribution in [2.75, 3.05) is 13.1 Å². The molecule has 3 aliphatic rings. The van der Waals surface area contributed by atoms with Gasteiger partial charge in [-0.2, -0.15) is 0 Å². The predicted octanol–water partition coefficient (Wildman–Crippen LogP) is 1.83. The molecule has 3 aliphatic heterocycles. The van der Waals surface area contributed by atoms with E-state index in [1.54, 1.807) is 0 Å². The first-order valence-electron chi connectivity index (χ1n) is 11.8. The minimum absolute atomic E-state index is 0.00572. The minimum Gasteiger partial charge on any atom is -0.481 e. The van der Waals surface area contributed by atoms with Crippen LogP contribution in [0.5, 0.6) is 0 Å². The maximum atomic E-state index is 12.3. The van der Waals surface area contributed by atoms with E-state index in [0.29, 0.717) is 25.8 Å². The Morgan fingerprint density at radius 3 is 2.36 bits per heavy atom. The second kappa shape index (κ2) is 10.9. The van der Waals surface area contributed by atoms with E-state index in [1.165, 1.54) is 0 Å². The Balaban J connectivity index is 1.17. The summed E-state index contributed by atoms with van der Waals surface area (Å²) < 4.78 is 11.9. The van der Waals surface area contributed by atoms with Crippen LogP contribution in [-0.4, -0.2) is 60.4 Å². The van der Waals surface area contributed by atoms with Crippen molar-refractivity contribution in [1.29, 1.82) is 0 Å². The number of carboxylic acids is 1. The van der Waals surface area contributed by atoms with Gasteiger partial charge in [-0.05, 0) is 37.2 Å². The van der Waals surface area contributed by atoms with E-state index in [0.717, 1.165) is 18.4 Å². The van der Waals surface area contributed by atoms with Gasteiger partial charge in [0.05, 0.1) is 18.8 Å². The van der Waals surface area contributed by atoms with Crippen molar-refractivity contribution >= 4 is 17.8 Å². The third-order valence-corrected chi connectivity index (χ3v) is 6.72. The number of unbranched alkanes of at least 4 members (excludes halogenated alkanes) is 1. The maximum absolute atomic E-state index is 12.3. The van der Waals surface area contributed by atoms with E-state index in [9.17, 15) is 14.4 Å². The van der Waals surface area contributed by atoms with Crippen molar-refractivity contribution in [3.8, 4) is 0 Å². The van der Waals surface area contributed by atoms with Gasteiger partial charge in [0, 0.05) is 25.3 Å². The molecule has 1 aromatic carbocycles. The molecule has 6 atom stereocenters. The van der Waals surface area contributed by atoms with E-state index in [4.69, 9.17) is 14.6 Å². The number of carbonyl (C=O) groups excluding carboxylic acids is 2. The zero-order valence-corrected chi connectivity index (χ0v) is 18.7. The number of epoxide rings is 1. The second-order valence-electron chi connectivity index (χ2n) is 9.02. The SMILES string of the molecule is O=C(O)CCC/C=C\C[C@H]1[C@@H](CNC(=O)CNC(=O)CCc2ccccc2)[C@@H]2O[C@H]1[C@@H]1O[C@@H]12. The summed E-state index contributed by atoms with van der Waals surface area (Å²) in [7, 11) is 0. The first-order valence-corrected chi connectivity index (χ1v) is 11.8. The number of aliphatic carboxylic acids is 1. The van der Waals surface area contributed by atoms with Crippen molar-refractivity contribution in [2.45, 2.75) is 62.9 Å². The number of ether oxygens (including phenoxy) is 2. The number of carbonyl (C=O) groups is 3. The van der Waals surface area contributed by atoms with Crippen LogP contribution in [0.4, 0.5) is 0 Å². The van der Waals surface area contributed by atoms with Crippen molar-refractivity contribution in [3.63, 3.8) is 0 Å². The number of allylic oxidation sites excluding steroid dienone is 2. The minimum atomic E-state index is -0.773. The van der Waals surface area contributed by atoms with Crippen LogP contribution in [0.3, 0.4) is 0 Å². The van der Waals surface area contributed by atoms with Crippen LogP contribution in [0.25, 0.3) is 0 Å². The summed E-state index contributed by atoms with van der Waals surface area (Å²) in [6.45, 7) is 0.454. The fourth-order valence-corrected chi connectivity index (χ4v) is 4.96. The number of benzene rings is 1. The first kappa shape index (κ1) is 23.4. The molecule has 33 heavy (non-hydrogen) atoms. The Morgan fingerprint density at radius 2 is 1.61 bits per heavy atom. The van der Waals surface area contributed by atoms with E-state index in [1.807, 2.05) is 36.4 Å². The van der Waals surface area contributed by atoms with Gasteiger partial charge in [0.15, 0.2) is 0 Å². The van der Waals surface area contributed by atoms with E-state index >= 15 is 0 Å². The highest BCUT2D eigenvalue weighted by Gasteiger charge is 2.68. The van der Waals surface area contributed by atoms with Gasteiger partial charge in [-0.25, -0.2) is 0 Å². The Hall–Kier alpha value is -2.71. The molecule has 0 unspecified atom stereocenters. The Bertz CT molecular complexity index is 873. The Morgan fingerprint density at radius 1 is 0.879 bits per heavy atom. The number of fused-ring (bicyclic) bond motifs is 5. The fraction of sp³-hybridized carbons (Fsp3) is 0.560. The molecule has 3 N–H and O–H groups in total. The molecule has 0 spiro atoms. The second-order valence-corrected chi connectivity index (χ2v) is 9.02. The molecule has 4 rings (SSSR count). The van der Waals surface area contributed by atoms with Gasteiger partial charge in [0.25, 0.3) is 0 Å². The average Bonchev–Trinajstić information content (AvgIpc) is 3.44. The van der Waals surface area contributed by atoms with Gasteiger partial charge in [0.1, 0.15) is 12.2 Å². The molecule has 2 amide bonds. The Labute approximate surface area is 193 Å². The topological polar surface area (TPSA) is 117 Å². The van der Waals surface area contributed by atoms with Crippen LogP contribution in [-0.2, 0) is 30.3 Å². The third kappa shape index (κ3) is 6.21. The van der Waals surface area contributed by atoms with E-state index in [2.05, 4.69) is 16.7 Å². The van der Waals surface area contributed by atoms with Gasteiger partial charge in [-0.3, -0.25) is 14.4 Å². The van der Waals surface area contributed by atoms with Gasteiger partial charge in [-0.15, -0.1) is 0 Å². The van der Waals surface area contributed by atoms with Crippen molar-refractivity contribution in [3.05, 3.63) is 48.0 Å². The maximum Gasteiger partial charge on any atom is 0.303 e. The van der Waals surface area contributed by atoms with E-state index in [-0.39, 0.29) is 61.0 Å². The monoisotopic (exact) mass is 456 g/mol. The number of hydrogen-bond acceptors (Lipinski definition) is 5. The summed E-state index contributed by atoms with van der Waals surface area (Å²) in [6, 6.07) is 9.78. The van der Waals surface area contributed by atoms with Crippen LogP contribution >= 0.6 is 0 Å².